The second-order valence-corrected chi connectivity index (χ2v) is 8.85. The summed E-state index contributed by atoms with van der Waals surface area (Å²) in [6.07, 6.45) is -2.59. The molecule has 1 atom stereocenters. The number of halogens is 5. The van der Waals surface area contributed by atoms with Crippen LogP contribution in [0.4, 0.5) is 13.2 Å². The minimum absolute atomic E-state index is 0.0285. The van der Waals surface area contributed by atoms with Gasteiger partial charge in [-0.2, -0.15) is 13.2 Å². The maximum atomic E-state index is 12.0. The molecule has 0 spiro atoms. The first-order chi connectivity index (χ1) is 9.64. The second-order valence-electron chi connectivity index (χ2n) is 5.50. The monoisotopic (exact) mass is 458 g/mol. The lowest BCUT2D eigenvalue weighted by Crippen LogP contribution is -2.35. The molecule has 9 heteroatoms. The van der Waals surface area contributed by atoms with Crippen molar-refractivity contribution in [2.75, 3.05) is 35.4 Å². The maximum absolute atomic E-state index is 12.0. The van der Waals surface area contributed by atoms with E-state index in [4.69, 9.17) is 0 Å². The number of ether oxygens (including phenoxy) is 1. The van der Waals surface area contributed by atoms with Gasteiger partial charge < -0.3 is 4.74 Å². The van der Waals surface area contributed by atoms with Gasteiger partial charge in [0.05, 0.1) is 11.5 Å². The topological polar surface area (TPSA) is 43.4 Å². The Bertz CT molecular complexity index is 422. The SMILES string of the molecule is O=S1(=O)CCC(C(CBr)(CBr)CCCOCC(F)(F)F)C1. The van der Waals surface area contributed by atoms with Crippen LogP contribution >= 0.6 is 31.9 Å². The summed E-state index contributed by atoms with van der Waals surface area (Å²) >= 11 is 6.87. The fourth-order valence-electron chi connectivity index (χ4n) is 2.58. The summed E-state index contributed by atoms with van der Waals surface area (Å²) in [4.78, 5) is 0. The number of hydrogen-bond donors (Lipinski definition) is 0. The van der Waals surface area contributed by atoms with E-state index in [1.807, 2.05) is 0 Å². The molecule has 3 nitrogen and oxygen atoms in total. The van der Waals surface area contributed by atoms with Crippen LogP contribution in [-0.2, 0) is 14.6 Å². The van der Waals surface area contributed by atoms with Crippen LogP contribution < -0.4 is 0 Å². The zero-order valence-electron chi connectivity index (χ0n) is 11.5. The van der Waals surface area contributed by atoms with Gasteiger partial charge in [0.25, 0.3) is 0 Å². The van der Waals surface area contributed by atoms with Gasteiger partial charge >= 0.3 is 6.18 Å². The van der Waals surface area contributed by atoms with Crippen LogP contribution in [0, 0.1) is 11.3 Å². The molecule has 1 aliphatic rings. The Balaban J connectivity index is 2.50. The number of sulfone groups is 1. The van der Waals surface area contributed by atoms with Gasteiger partial charge in [-0.25, -0.2) is 8.42 Å². The zero-order valence-corrected chi connectivity index (χ0v) is 15.5. The van der Waals surface area contributed by atoms with Crippen molar-refractivity contribution < 1.29 is 26.3 Å². The van der Waals surface area contributed by atoms with E-state index in [9.17, 15) is 21.6 Å². The lowest BCUT2D eigenvalue weighted by Gasteiger charge is -2.35. The summed E-state index contributed by atoms with van der Waals surface area (Å²) in [5, 5.41) is 1.23. The van der Waals surface area contributed by atoms with E-state index < -0.39 is 22.6 Å². The molecule has 1 heterocycles. The van der Waals surface area contributed by atoms with Crippen molar-refractivity contribution in [3.8, 4) is 0 Å². The van der Waals surface area contributed by atoms with Gasteiger partial charge in [0, 0.05) is 17.3 Å². The molecule has 0 saturated carbocycles. The van der Waals surface area contributed by atoms with Crippen molar-refractivity contribution in [1.82, 2.24) is 0 Å². The first kappa shape index (κ1) is 19.7. The molecular formula is C12H19Br2F3O3S. The molecule has 1 saturated heterocycles. The predicted molar refractivity (Wildman–Crippen MR) is 82.9 cm³/mol. The summed E-state index contributed by atoms with van der Waals surface area (Å²) < 4.78 is 63.8. The minimum atomic E-state index is -4.30. The molecule has 0 aromatic rings. The van der Waals surface area contributed by atoms with Crippen LogP contribution in [0.5, 0.6) is 0 Å². The molecule has 1 aliphatic heterocycles. The van der Waals surface area contributed by atoms with Crippen molar-refractivity contribution in [1.29, 1.82) is 0 Å². The highest BCUT2D eigenvalue weighted by Crippen LogP contribution is 2.42. The van der Waals surface area contributed by atoms with Gasteiger partial charge in [0.1, 0.15) is 6.61 Å². The normalized spacial score (nSPS) is 22.6. The molecule has 0 bridgehead atoms. The quantitative estimate of drug-likeness (QED) is 0.411. The minimum Gasteiger partial charge on any atom is -0.372 e. The van der Waals surface area contributed by atoms with Gasteiger partial charge in [-0.15, -0.1) is 0 Å². The largest absolute Gasteiger partial charge is 0.411 e. The standard InChI is InChI=1S/C12H19Br2F3O3S/c13-7-11(8-14,10-2-5-21(18,19)6-10)3-1-4-20-9-12(15,16)17/h10H,1-9H2. The van der Waals surface area contributed by atoms with E-state index in [0.717, 1.165) is 0 Å². The highest BCUT2D eigenvalue weighted by molar-refractivity contribution is 9.09. The van der Waals surface area contributed by atoms with E-state index in [1.54, 1.807) is 0 Å². The summed E-state index contributed by atoms with van der Waals surface area (Å²) in [6, 6.07) is 0. The van der Waals surface area contributed by atoms with Crippen LogP contribution in [0.2, 0.25) is 0 Å². The van der Waals surface area contributed by atoms with Crippen LogP contribution in [0.25, 0.3) is 0 Å². The fraction of sp³-hybridized carbons (Fsp3) is 1.00. The first-order valence-corrected chi connectivity index (χ1v) is 10.7. The van der Waals surface area contributed by atoms with Crippen LogP contribution in [0.1, 0.15) is 19.3 Å². The van der Waals surface area contributed by atoms with Crippen molar-refractivity contribution in [3.05, 3.63) is 0 Å². The number of hydrogen-bond acceptors (Lipinski definition) is 3. The van der Waals surface area contributed by atoms with Crippen LogP contribution in [0.3, 0.4) is 0 Å². The van der Waals surface area contributed by atoms with Gasteiger partial charge in [0.2, 0.25) is 0 Å². The van der Waals surface area contributed by atoms with E-state index in [0.29, 0.717) is 29.9 Å². The summed E-state index contributed by atoms with van der Waals surface area (Å²) in [5.41, 5.74) is -0.259. The van der Waals surface area contributed by atoms with Crippen LogP contribution in [0.15, 0.2) is 0 Å². The van der Waals surface area contributed by atoms with Gasteiger partial charge in [-0.05, 0) is 30.6 Å². The van der Waals surface area contributed by atoms with Crippen molar-refractivity contribution in [2.24, 2.45) is 11.3 Å². The lowest BCUT2D eigenvalue weighted by atomic mass is 9.75. The molecule has 126 valence electrons. The molecule has 0 aliphatic carbocycles. The molecule has 1 fully saturated rings. The summed E-state index contributed by atoms with van der Waals surface area (Å²) in [5.74, 6) is 0.390. The molecule has 0 N–H and O–H groups in total. The Morgan fingerprint density at radius 3 is 2.24 bits per heavy atom. The van der Waals surface area contributed by atoms with E-state index >= 15 is 0 Å². The molecule has 21 heavy (non-hydrogen) atoms. The molecule has 0 aromatic heterocycles. The Hall–Kier alpha value is 0.660. The second kappa shape index (κ2) is 7.97. The summed E-state index contributed by atoms with van der Waals surface area (Å²) in [6.45, 7) is -1.21. The fourth-order valence-corrected chi connectivity index (χ4v) is 6.93. The third-order valence-electron chi connectivity index (χ3n) is 3.86. The first-order valence-electron chi connectivity index (χ1n) is 6.61. The van der Waals surface area contributed by atoms with E-state index in [1.165, 1.54) is 0 Å². The van der Waals surface area contributed by atoms with Crippen molar-refractivity contribution >= 4 is 41.7 Å². The molecule has 0 amide bonds. The average Bonchev–Trinajstić information content (AvgIpc) is 2.74. The molecule has 0 aromatic carbocycles. The van der Waals surface area contributed by atoms with E-state index in [-0.39, 0.29) is 29.4 Å². The smallest absolute Gasteiger partial charge is 0.372 e. The molecular weight excluding hydrogens is 441 g/mol. The Kier molecular flexibility index (Phi) is 7.48. The van der Waals surface area contributed by atoms with Gasteiger partial charge in [-0.3, -0.25) is 0 Å². The Labute approximate surface area is 140 Å². The highest BCUT2D eigenvalue weighted by Gasteiger charge is 2.43. The third-order valence-corrected chi connectivity index (χ3v) is 7.86. The molecule has 1 unspecified atom stereocenters. The highest BCUT2D eigenvalue weighted by atomic mass is 79.9. The Morgan fingerprint density at radius 1 is 1.19 bits per heavy atom. The summed E-state index contributed by atoms with van der Waals surface area (Å²) in [7, 11) is -2.98. The predicted octanol–water partition coefficient (Wildman–Crippen LogP) is 3.56. The maximum Gasteiger partial charge on any atom is 0.411 e. The molecule has 0 radical (unpaired) electrons. The van der Waals surface area contributed by atoms with Crippen molar-refractivity contribution in [3.63, 3.8) is 0 Å². The third kappa shape index (κ3) is 6.35. The van der Waals surface area contributed by atoms with Crippen LogP contribution in [-0.4, -0.2) is 50.0 Å². The van der Waals surface area contributed by atoms with Gasteiger partial charge in [-0.1, -0.05) is 31.9 Å². The number of alkyl halides is 5. The zero-order chi connectivity index (χ0) is 16.1. The number of rotatable bonds is 8. The van der Waals surface area contributed by atoms with Gasteiger partial charge in [0.15, 0.2) is 9.84 Å². The van der Waals surface area contributed by atoms with E-state index in [2.05, 4.69) is 36.6 Å². The Morgan fingerprint density at radius 2 is 1.81 bits per heavy atom. The lowest BCUT2D eigenvalue weighted by molar-refractivity contribution is -0.174. The average molecular weight is 460 g/mol. The van der Waals surface area contributed by atoms with Crippen molar-refractivity contribution in [2.45, 2.75) is 25.4 Å². The molecule has 1 rings (SSSR count).